The Morgan fingerprint density at radius 1 is 1.02 bits per heavy atom. The van der Waals surface area contributed by atoms with Crippen LogP contribution in [0.1, 0.15) is 57.2 Å². The third kappa shape index (κ3) is 7.16. The fraction of sp³-hybridized carbons (Fsp3) is 0.543. The van der Waals surface area contributed by atoms with Crippen LogP contribution < -0.4 is 0 Å². The Labute approximate surface area is 265 Å². The van der Waals surface area contributed by atoms with Crippen LogP contribution in [-0.4, -0.2) is 98.7 Å². The lowest BCUT2D eigenvalue weighted by atomic mass is 9.74. The first-order chi connectivity index (χ1) is 21.5. The van der Waals surface area contributed by atoms with E-state index in [1.54, 1.807) is 4.90 Å². The second-order valence-corrected chi connectivity index (χ2v) is 13.8. The van der Waals surface area contributed by atoms with Gasteiger partial charge < -0.3 is 29.1 Å². The standard InChI is InChI=1S/C35H47N5O5/c1-24(2)22-39(33(42)31-36-27-13-9-10-14-28(27)38(31)16-15-25-11-7-6-8-12-25)29-21-26(32(41)37-17-19-45-20-18-37)23-40(34(43)44)30(29)35(3,4)5/h6-14,24,26,29-30H,15-23H2,1-5H3,(H,43,44)/t26-,29+,30?/m1/s1. The Bertz CT molecular complexity index is 1490. The first-order valence-electron chi connectivity index (χ1n) is 16.1. The van der Waals surface area contributed by atoms with E-state index in [1.165, 1.54) is 4.90 Å². The molecule has 2 saturated heterocycles. The van der Waals surface area contributed by atoms with Crippen molar-refractivity contribution in [2.75, 3.05) is 39.4 Å². The highest BCUT2D eigenvalue weighted by Gasteiger charge is 2.50. The van der Waals surface area contributed by atoms with Gasteiger partial charge >= 0.3 is 6.09 Å². The highest BCUT2D eigenvalue weighted by Crippen LogP contribution is 2.38. The molecule has 5 rings (SSSR count). The van der Waals surface area contributed by atoms with Crippen LogP contribution in [0.25, 0.3) is 11.0 Å². The number of benzene rings is 2. The molecule has 3 atom stereocenters. The van der Waals surface area contributed by atoms with Gasteiger partial charge in [-0.05, 0) is 41.9 Å². The van der Waals surface area contributed by atoms with Crippen molar-refractivity contribution in [1.29, 1.82) is 0 Å². The molecule has 1 aromatic heterocycles. The van der Waals surface area contributed by atoms with Gasteiger partial charge in [0.15, 0.2) is 5.82 Å². The first-order valence-corrected chi connectivity index (χ1v) is 16.1. The number of aromatic nitrogens is 2. The van der Waals surface area contributed by atoms with Gasteiger partial charge in [-0.3, -0.25) is 9.59 Å². The average molecular weight is 618 g/mol. The molecule has 0 saturated carbocycles. The van der Waals surface area contributed by atoms with Crippen molar-refractivity contribution in [3.05, 3.63) is 66.0 Å². The normalized spacial score (nSPS) is 20.9. The number of hydrogen-bond acceptors (Lipinski definition) is 5. The summed E-state index contributed by atoms with van der Waals surface area (Å²) in [5.41, 5.74) is 2.28. The molecule has 0 bridgehead atoms. The van der Waals surface area contributed by atoms with E-state index in [9.17, 15) is 19.5 Å². The van der Waals surface area contributed by atoms with Crippen molar-refractivity contribution in [3.63, 3.8) is 0 Å². The highest BCUT2D eigenvalue weighted by molar-refractivity contribution is 5.95. The number of amides is 3. The Hall–Kier alpha value is -3.92. The number of carboxylic acid groups (broad SMARTS) is 1. The molecule has 3 aromatic rings. The van der Waals surface area contributed by atoms with Crippen LogP contribution in [0.2, 0.25) is 0 Å². The van der Waals surface area contributed by atoms with Gasteiger partial charge in [0.2, 0.25) is 5.91 Å². The SMILES string of the molecule is CC(C)CN(C(=O)c1nc2ccccc2n1CCc1ccccc1)[C@H]1C[C@@H](C(=O)N2CCOCC2)CN(C(=O)O)C1C(C)(C)C. The Kier molecular flexibility index (Phi) is 9.82. The van der Waals surface area contributed by atoms with Crippen LogP contribution in [-0.2, 0) is 22.5 Å². The van der Waals surface area contributed by atoms with Crippen LogP contribution in [0.4, 0.5) is 4.79 Å². The number of rotatable bonds is 8. The molecule has 2 aromatic carbocycles. The molecule has 10 heteroatoms. The van der Waals surface area contributed by atoms with Crippen molar-refractivity contribution in [2.24, 2.45) is 17.3 Å². The number of ether oxygens (including phenoxy) is 1. The van der Waals surface area contributed by atoms with Crippen LogP contribution in [0.15, 0.2) is 54.6 Å². The molecule has 1 N–H and O–H groups in total. The maximum atomic E-state index is 14.9. The third-order valence-electron chi connectivity index (χ3n) is 8.98. The summed E-state index contributed by atoms with van der Waals surface area (Å²) in [5, 5.41) is 10.5. The van der Waals surface area contributed by atoms with Gasteiger partial charge in [-0.2, -0.15) is 0 Å². The smallest absolute Gasteiger partial charge is 0.407 e. The van der Waals surface area contributed by atoms with E-state index in [2.05, 4.69) is 26.0 Å². The fourth-order valence-electron chi connectivity index (χ4n) is 7.06. The topological polar surface area (TPSA) is 108 Å². The largest absolute Gasteiger partial charge is 0.465 e. The zero-order chi connectivity index (χ0) is 32.3. The molecule has 2 aliphatic rings. The van der Waals surface area contributed by atoms with E-state index < -0.39 is 29.5 Å². The predicted molar refractivity (Wildman–Crippen MR) is 173 cm³/mol. The molecule has 242 valence electrons. The number of aryl methyl sites for hydroxylation is 2. The number of morpholine rings is 1. The summed E-state index contributed by atoms with van der Waals surface area (Å²) in [6, 6.07) is 16.9. The van der Waals surface area contributed by atoms with Crippen molar-refractivity contribution >= 4 is 28.9 Å². The summed E-state index contributed by atoms with van der Waals surface area (Å²) >= 11 is 0. The number of para-hydroxylation sites is 2. The number of imidazole rings is 1. The van der Waals surface area contributed by atoms with E-state index in [-0.39, 0.29) is 24.3 Å². The molecule has 10 nitrogen and oxygen atoms in total. The minimum Gasteiger partial charge on any atom is -0.465 e. The second kappa shape index (κ2) is 13.6. The second-order valence-electron chi connectivity index (χ2n) is 13.8. The summed E-state index contributed by atoms with van der Waals surface area (Å²) in [6.07, 6.45) is 0.0270. The van der Waals surface area contributed by atoms with E-state index in [0.717, 1.165) is 23.0 Å². The minimum absolute atomic E-state index is 0.0750. The predicted octanol–water partition coefficient (Wildman–Crippen LogP) is 5.02. The summed E-state index contributed by atoms with van der Waals surface area (Å²) in [5.74, 6) is -0.442. The maximum Gasteiger partial charge on any atom is 0.407 e. The summed E-state index contributed by atoms with van der Waals surface area (Å²) in [7, 11) is 0. The average Bonchev–Trinajstić information content (AvgIpc) is 3.40. The molecule has 0 aliphatic carbocycles. The summed E-state index contributed by atoms with van der Waals surface area (Å²) in [4.78, 5) is 51.4. The summed E-state index contributed by atoms with van der Waals surface area (Å²) in [6.45, 7) is 13.1. The minimum atomic E-state index is -1.08. The zero-order valence-corrected chi connectivity index (χ0v) is 27.2. The number of carbonyl (C=O) groups excluding carboxylic acids is 2. The van der Waals surface area contributed by atoms with Crippen LogP contribution in [0, 0.1) is 17.3 Å². The molecule has 3 heterocycles. The van der Waals surface area contributed by atoms with Gasteiger partial charge in [0.25, 0.3) is 5.91 Å². The third-order valence-corrected chi connectivity index (χ3v) is 8.98. The molecule has 3 amide bonds. The van der Waals surface area contributed by atoms with Crippen molar-refractivity contribution in [3.8, 4) is 0 Å². The number of hydrogen-bond donors (Lipinski definition) is 1. The lowest BCUT2D eigenvalue weighted by Crippen LogP contribution is -2.66. The van der Waals surface area contributed by atoms with E-state index in [1.807, 2.05) is 72.7 Å². The van der Waals surface area contributed by atoms with Crippen molar-refractivity contribution in [2.45, 2.75) is 66.1 Å². The summed E-state index contributed by atoms with van der Waals surface area (Å²) < 4.78 is 7.46. The monoisotopic (exact) mass is 617 g/mol. The number of fused-ring (bicyclic) bond motifs is 1. The number of piperidine rings is 1. The van der Waals surface area contributed by atoms with Crippen LogP contribution in [0.3, 0.4) is 0 Å². The van der Waals surface area contributed by atoms with Crippen LogP contribution >= 0.6 is 0 Å². The van der Waals surface area contributed by atoms with Crippen molar-refractivity contribution < 1.29 is 24.2 Å². The van der Waals surface area contributed by atoms with Gasteiger partial charge in [0, 0.05) is 32.7 Å². The number of carbonyl (C=O) groups is 3. The lowest BCUT2D eigenvalue weighted by Gasteiger charge is -2.52. The van der Waals surface area contributed by atoms with E-state index in [0.29, 0.717) is 51.6 Å². The van der Waals surface area contributed by atoms with E-state index in [4.69, 9.17) is 9.72 Å². The van der Waals surface area contributed by atoms with Crippen LogP contribution in [0.5, 0.6) is 0 Å². The van der Waals surface area contributed by atoms with E-state index >= 15 is 0 Å². The molecule has 2 fully saturated rings. The molecular weight excluding hydrogens is 570 g/mol. The molecule has 45 heavy (non-hydrogen) atoms. The van der Waals surface area contributed by atoms with Gasteiger partial charge in [0.05, 0.1) is 42.2 Å². The highest BCUT2D eigenvalue weighted by atomic mass is 16.5. The lowest BCUT2D eigenvalue weighted by molar-refractivity contribution is -0.144. The van der Waals surface area contributed by atoms with Gasteiger partial charge in [0.1, 0.15) is 0 Å². The Morgan fingerprint density at radius 2 is 1.69 bits per heavy atom. The van der Waals surface area contributed by atoms with Gasteiger partial charge in [-0.25, -0.2) is 9.78 Å². The molecular formula is C35H47N5O5. The zero-order valence-electron chi connectivity index (χ0n) is 27.2. The quantitative estimate of drug-likeness (QED) is 0.381. The molecule has 1 unspecified atom stereocenters. The fourth-order valence-corrected chi connectivity index (χ4v) is 7.06. The molecule has 0 spiro atoms. The number of nitrogens with zero attached hydrogens (tertiary/aromatic N) is 5. The van der Waals surface area contributed by atoms with Gasteiger partial charge in [-0.15, -0.1) is 0 Å². The first kappa shape index (κ1) is 32.5. The Balaban J connectivity index is 1.57. The van der Waals surface area contributed by atoms with Crippen molar-refractivity contribution in [1.82, 2.24) is 24.3 Å². The number of likely N-dealkylation sites (tertiary alicyclic amines) is 1. The maximum absolute atomic E-state index is 14.9. The Morgan fingerprint density at radius 3 is 2.33 bits per heavy atom. The molecule has 2 aliphatic heterocycles. The molecule has 0 radical (unpaired) electrons. The van der Waals surface area contributed by atoms with Gasteiger partial charge in [-0.1, -0.05) is 77.1 Å².